The maximum absolute atomic E-state index is 12.4. The van der Waals surface area contributed by atoms with Crippen molar-refractivity contribution in [1.82, 2.24) is 19.9 Å². The Kier molecular flexibility index (Phi) is 10.1. The second kappa shape index (κ2) is 14.1. The maximum atomic E-state index is 12.4. The molecule has 0 spiro atoms. The van der Waals surface area contributed by atoms with Crippen molar-refractivity contribution in [3.8, 4) is 34.3 Å². The molecule has 0 fully saturated rings. The van der Waals surface area contributed by atoms with Crippen LogP contribution in [-0.2, 0) is 22.8 Å². The first-order chi connectivity index (χ1) is 19.9. The number of aryl methyl sites for hydroxylation is 1. The van der Waals surface area contributed by atoms with Gasteiger partial charge in [0.1, 0.15) is 11.5 Å². The molecule has 0 aliphatic carbocycles. The highest BCUT2D eigenvalue weighted by Gasteiger charge is 2.15. The van der Waals surface area contributed by atoms with Crippen molar-refractivity contribution in [2.24, 2.45) is 5.73 Å². The van der Waals surface area contributed by atoms with Crippen LogP contribution in [0.25, 0.3) is 22.8 Å². The van der Waals surface area contributed by atoms with Gasteiger partial charge in [-0.25, -0.2) is 13.4 Å². The van der Waals surface area contributed by atoms with Gasteiger partial charge in [0.05, 0.1) is 53.3 Å². The van der Waals surface area contributed by atoms with Crippen molar-refractivity contribution in [2.45, 2.75) is 17.9 Å². The van der Waals surface area contributed by atoms with Crippen molar-refractivity contribution in [1.29, 1.82) is 0 Å². The minimum absolute atomic E-state index is 0.0150. The Morgan fingerprint density at radius 1 is 0.659 bits per heavy atom. The molecule has 9 nitrogen and oxygen atoms in total. The largest absolute Gasteiger partial charge is 0.497 e. The van der Waals surface area contributed by atoms with Crippen molar-refractivity contribution >= 4 is 9.84 Å². The standard InChI is InChI=1S/C19H18N2O3S.C12H13N3O/c1-24-16-13-15(21-19(14-16)18-9-5-6-11-20-18)10-12-25(22,23)17-7-3-2-4-8-17;1-16-10-6-9(8-13)15-12(7-10)11-4-2-3-5-14-11/h2-9,11,13-14H,10,12H2,1H3;2-7H,8,13H2,1H3. The molecular formula is C31H31N5O4S. The van der Waals surface area contributed by atoms with Crippen molar-refractivity contribution in [2.75, 3.05) is 20.0 Å². The Labute approximate surface area is 240 Å². The number of rotatable bonds is 9. The van der Waals surface area contributed by atoms with E-state index in [2.05, 4.69) is 19.9 Å². The Morgan fingerprint density at radius 3 is 1.66 bits per heavy atom. The lowest BCUT2D eigenvalue weighted by atomic mass is 10.2. The molecule has 0 aliphatic heterocycles. The van der Waals surface area contributed by atoms with Crippen LogP contribution in [0.2, 0.25) is 0 Å². The number of ether oxygens (including phenoxy) is 2. The van der Waals surface area contributed by atoms with Crippen LogP contribution in [0.4, 0.5) is 0 Å². The van der Waals surface area contributed by atoms with Gasteiger partial charge >= 0.3 is 0 Å². The Hall–Kier alpha value is -4.67. The zero-order valence-corrected chi connectivity index (χ0v) is 23.7. The van der Waals surface area contributed by atoms with E-state index in [1.165, 1.54) is 0 Å². The van der Waals surface area contributed by atoms with Gasteiger partial charge in [-0.05, 0) is 36.4 Å². The SMILES string of the molecule is COc1cc(CCS(=O)(=O)c2ccccc2)nc(-c2ccccn2)c1.COc1cc(CN)nc(-c2ccccn2)c1. The lowest BCUT2D eigenvalue weighted by Crippen LogP contribution is -2.10. The molecule has 0 saturated carbocycles. The molecule has 5 aromatic rings. The molecular weight excluding hydrogens is 538 g/mol. The van der Waals surface area contributed by atoms with Gasteiger partial charge in [-0.3, -0.25) is 15.0 Å². The number of hydrogen-bond acceptors (Lipinski definition) is 9. The summed E-state index contributed by atoms with van der Waals surface area (Å²) >= 11 is 0. The summed E-state index contributed by atoms with van der Waals surface area (Å²) in [6, 6.07) is 26.9. The first kappa shape index (κ1) is 29.3. The van der Waals surface area contributed by atoms with Crippen LogP contribution in [0, 0.1) is 0 Å². The molecule has 0 unspecified atom stereocenters. The van der Waals surface area contributed by atoms with Crippen LogP contribution in [0.5, 0.6) is 11.5 Å². The number of hydrogen-bond donors (Lipinski definition) is 1. The number of nitrogens with two attached hydrogens (primary N) is 1. The maximum Gasteiger partial charge on any atom is 0.178 e. The van der Waals surface area contributed by atoms with Crippen LogP contribution in [0.15, 0.2) is 108 Å². The fraction of sp³-hybridized carbons (Fsp3) is 0.161. The minimum atomic E-state index is -3.35. The molecule has 0 amide bonds. The number of nitrogens with zero attached hydrogens (tertiary/aromatic N) is 4. The number of sulfone groups is 1. The van der Waals surface area contributed by atoms with Gasteiger partial charge in [-0.2, -0.15) is 0 Å². The van der Waals surface area contributed by atoms with E-state index in [4.69, 9.17) is 15.2 Å². The summed E-state index contributed by atoms with van der Waals surface area (Å²) in [5, 5.41) is 0. The average Bonchev–Trinajstić information content (AvgIpc) is 3.05. The quantitative estimate of drug-likeness (QED) is 0.266. The molecule has 1 aromatic carbocycles. The van der Waals surface area contributed by atoms with Crippen molar-refractivity contribution in [3.63, 3.8) is 0 Å². The lowest BCUT2D eigenvalue weighted by Gasteiger charge is -2.09. The highest BCUT2D eigenvalue weighted by molar-refractivity contribution is 7.91. The second-order valence-corrected chi connectivity index (χ2v) is 10.9. The summed E-state index contributed by atoms with van der Waals surface area (Å²) in [7, 11) is -0.158. The molecule has 0 aliphatic rings. The molecule has 10 heteroatoms. The third-order valence-electron chi connectivity index (χ3n) is 5.97. The van der Waals surface area contributed by atoms with Gasteiger partial charge in [0.25, 0.3) is 0 Å². The monoisotopic (exact) mass is 569 g/mol. The Morgan fingerprint density at radius 2 is 1.17 bits per heavy atom. The number of aromatic nitrogens is 4. The third-order valence-corrected chi connectivity index (χ3v) is 7.70. The van der Waals surface area contributed by atoms with E-state index in [9.17, 15) is 8.42 Å². The first-order valence-corrected chi connectivity index (χ1v) is 14.5. The van der Waals surface area contributed by atoms with Crippen LogP contribution in [-0.4, -0.2) is 48.3 Å². The smallest absolute Gasteiger partial charge is 0.178 e. The van der Waals surface area contributed by atoms with Crippen LogP contribution in [0.3, 0.4) is 0 Å². The predicted octanol–water partition coefficient (Wildman–Crippen LogP) is 4.78. The van der Waals surface area contributed by atoms with Gasteiger partial charge < -0.3 is 15.2 Å². The molecule has 2 N–H and O–H groups in total. The number of pyridine rings is 4. The van der Waals surface area contributed by atoms with E-state index in [1.807, 2.05) is 48.5 Å². The highest BCUT2D eigenvalue weighted by Crippen LogP contribution is 2.23. The topological polar surface area (TPSA) is 130 Å². The molecule has 0 radical (unpaired) electrons. The van der Waals surface area contributed by atoms with Crippen LogP contribution in [0.1, 0.15) is 11.4 Å². The predicted molar refractivity (Wildman–Crippen MR) is 158 cm³/mol. The summed E-state index contributed by atoms with van der Waals surface area (Å²) in [5.41, 5.74) is 10.00. The van der Waals surface area contributed by atoms with E-state index in [0.29, 0.717) is 40.7 Å². The van der Waals surface area contributed by atoms with Gasteiger partial charge in [-0.15, -0.1) is 0 Å². The zero-order chi connectivity index (χ0) is 29.1. The van der Waals surface area contributed by atoms with Crippen LogP contribution >= 0.6 is 0 Å². The van der Waals surface area contributed by atoms with Crippen LogP contribution < -0.4 is 15.2 Å². The third kappa shape index (κ3) is 8.17. The van der Waals surface area contributed by atoms with E-state index in [-0.39, 0.29) is 5.75 Å². The molecule has 4 heterocycles. The molecule has 41 heavy (non-hydrogen) atoms. The molecule has 0 saturated heterocycles. The second-order valence-electron chi connectivity index (χ2n) is 8.78. The summed E-state index contributed by atoms with van der Waals surface area (Å²) in [6.07, 6.45) is 3.73. The summed E-state index contributed by atoms with van der Waals surface area (Å²) in [6.45, 7) is 0.386. The zero-order valence-electron chi connectivity index (χ0n) is 22.8. The summed E-state index contributed by atoms with van der Waals surface area (Å²) < 4.78 is 35.4. The fourth-order valence-electron chi connectivity index (χ4n) is 3.86. The van der Waals surface area contributed by atoms with Gasteiger partial charge in [-0.1, -0.05) is 30.3 Å². The van der Waals surface area contributed by atoms with E-state index in [1.54, 1.807) is 69.1 Å². The minimum Gasteiger partial charge on any atom is -0.497 e. The van der Waals surface area contributed by atoms with E-state index < -0.39 is 9.84 Å². The molecule has 0 atom stereocenters. The Balaban J connectivity index is 0.000000208. The van der Waals surface area contributed by atoms with Crippen molar-refractivity contribution in [3.05, 3.63) is 115 Å². The molecule has 210 valence electrons. The normalized spacial score (nSPS) is 10.8. The Bertz CT molecular complexity index is 1630. The van der Waals surface area contributed by atoms with Crippen molar-refractivity contribution < 1.29 is 17.9 Å². The van der Waals surface area contributed by atoms with E-state index >= 15 is 0 Å². The molecule has 0 bridgehead atoms. The summed E-state index contributed by atoms with van der Waals surface area (Å²) in [4.78, 5) is 17.8. The fourth-order valence-corrected chi connectivity index (χ4v) is 5.15. The number of methoxy groups -OCH3 is 2. The van der Waals surface area contributed by atoms with Gasteiger partial charge in [0.15, 0.2) is 9.84 Å². The number of benzene rings is 1. The summed E-state index contributed by atoms with van der Waals surface area (Å²) in [5.74, 6) is 1.36. The van der Waals surface area contributed by atoms with Gasteiger partial charge in [0, 0.05) is 55.3 Å². The van der Waals surface area contributed by atoms with E-state index in [0.717, 1.165) is 22.8 Å². The molecule has 5 rings (SSSR count). The van der Waals surface area contributed by atoms with Gasteiger partial charge in [0.2, 0.25) is 0 Å². The highest BCUT2D eigenvalue weighted by atomic mass is 32.2. The lowest BCUT2D eigenvalue weighted by molar-refractivity contribution is 0.413. The average molecular weight is 570 g/mol. The first-order valence-electron chi connectivity index (χ1n) is 12.8. The molecule has 4 aromatic heterocycles.